The first-order valence-electron chi connectivity index (χ1n) is 25.4. The van der Waals surface area contributed by atoms with Gasteiger partial charge in [0.1, 0.15) is 48.0 Å². The van der Waals surface area contributed by atoms with Gasteiger partial charge in [0.25, 0.3) is 0 Å². The summed E-state index contributed by atoms with van der Waals surface area (Å²) in [6.45, 7) is 11.2. The van der Waals surface area contributed by atoms with Crippen molar-refractivity contribution in [2.24, 2.45) is 29.2 Å². The fraction of sp³-hybridized carbons (Fsp3) is 0.596. The summed E-state index contributed by atoms with van der Waals surface area (Å²) in [5.41, 5.74) is 13.1. The molecule has 3 rings (SSSR count). The maximum Gasteiger partial charge on any atom is 0.326 e. The Bertz CT molecular complexity index is 2160. The number of phenols is 1. The van der Waals surface area contributed by atoms with Crippen LogP contribution in [0.3, 0.4) is 0 Å². The monoisotopic (exact) mass is 1020 g/mol. The number of hydrogen-bond acceptors (Lipinski definition) is 12. The Labute approximate surface area is 428 Å². The molecular weight excluding hydrogens is 943 g/mol. The number of rotatable bonds is 31. The normalized spacial score (nSPS) is 17.1. The van der Waals surface area contributed by atoms with Crippen LogP contribution in [0.5, 0.6) is 5.75 Å². The summed E-state index contributed by atoms with van der Waals surface area (Å²) in [6, 6.07) is 5.21. The summed E-state index contributed by atoms with van der Waals surface area (Å²) in [5.74, 6) is -8.58. The van der Waals surface area contributed by atoms with Gasteiger partial charge >= 0.3 is 11.9 Å². The largest absolute Gasteiger partial charge is 0.508 e. The summed E-state index contributed by atoms with van der Waals surface area (Å²) in [7, 11) is 0. The number of nitrogens with one attached hydrogen (secondary N) is 6. The third-order valence-corrected chi connectivity index (χ3v) is 13.2. The van der Waals surface area contributed by atoms with Crippen molar-refractivity contribution in [2.45, 2.75) is 167 Å². The van der Waals surface area contributed by atoms with E-state index in [0.717, 1.165) is 5.56 Å². The fourth-order valence-corrected chi connectivity index (χ4v) is 8.50. The molecule has 21 heteroatoms. The highest BCUT2D eigenvalue weighted by molar-refractivity contribution is 5.98. The van der Waals surface area contributed by atoms with Gasteiger partial charge in [-0.3, -0.25) is 38.4 Å². The Balaban J connectivity index is 1.84. The van der Waals surface area contributed by atoms with Gasteiger partial charge in [0.15, 0.2) is 0 Å². The maximum absolute atomic E-state index is 14.6. The third kappa shape index (κ3) is 19.7. The highest BCUT2D eigenvalue weighted by atomic mass is 16.4. The number of phenolic OH excluding ortho intramolecular Hbond substituents is 1. The molecule has 13 N–H and O–H groups in total. The molecule has 0 bridgehead atoms. The van der Waals surface area contributed by atoms with Crippen LogP contribution < -0.4 is 43.4 Å². The number of unbranched alkanes of at least 4 members (excludes halogenated alkanes) is 1. The van der Waals surface area contributed by atoms with Crippen molar-refractivity contribution >= 4 is 53.3 Å². The van der Waals surface area contributed by atoms with E-state index in [0.29, 0.717) is 44.2 Å². The van der Waals surface area contributed by atoms with E-state index in [1.165, 1.54) is 17.0 Å². The highest BCUT2D eigenvalue weighted by Gasteiger charge is 2.41. The number of amides is 7. The number of aliphatic carboxylic acids is 2. The van der Waals surface area contributed by atoms with E-state index < -0.39 is 120 Å². The van der Waals surface area contributed by atoms with Gasteiger partial charge in [-0.05, 0) is 98.9 Å². The van der Waals surface area contributed by atoms with Crippen molar-refractivity contribution in [2.75, 3.05) is 13.1 Å². The van der Waals surface area contributed by atoms with E-state index in [4.69, 9.17) is 11.5 Å². The summed E-state index contributed by atoms with van der Waals surface area (Å²) < 4.78 is 0. The van der Waals surface area contributed by atoms with Crippen LogP contribution in [-0.2, 0) is 56.0 Å². The molecule has 10 atom stereocenters. The Morgan fingerprint density at radius 1 is 0.644 bits per heavy atom. The fourth-order valence-electron chi connectivity index (χ4n) is 8.50. The first-order chi connectivity index (χ1) is 34.6. The van der Waals surface area contributed by atoms with Crippen LogP contribution in [0.15, 0.2) is 54.6 Å². The van der Waals surface area contributed by atoms with Gasteiger partial charge in [-0.15, -0.1) is 0 Å². The summed E-state index contributed by atoms with van der Waals surface area (Å²) in [4.78, 5) is 123. The number of carbonyl (C=O) groups is 9. The second-order valence-corrected chi connectivity index (χ2v) is 19.5. The number of nitrogens with zero attached hydrogens (tertiary/aromatic N) is 1. The molecule has 2 aromatic carbocycles. The Kier molecular flexibility index (Phi) is 25.3. The number of carboxylic acids is 2. The molecule has 1 fully saturated rings. The molecule has 1 saturated heterocycles. The lowest BCUT2D eigenvalue weighted by atomic mass is 9.95. The number of aromatic hydroxyl groups is 1. The van der Waals surface area contributed by atoms with E-state index >= 15 is 0 Å². The minimum absolute atomic E-state index is 0.0277. The van der Waals surface area contributed by atoms with Crippen LogP contribution in [0, 0.1) is 17.8 Å². The zero-order valence-electron chi connectivity index (χ0n) is 43.1. The van der Waals surface area contributed by atoms with E-state index in [1.807, 2.05) is 26.8 Å². The lowest BCUT2D eigenvalue weighted by Crippen LogP contribution is -2.61. The molecule has 0 unspecified atom stereocenters. The molecule has 1 heterocycles. The smallest absolute Gasteiger partial charge is 0.326 e. The van der Waals surface area contributed by atoms with E-state index in [9.17, 15) is 58.5 Å². The molecule has 2 aromatic rings. The van der Waals surface area contributed by atoms with Gasteiger partial charge in [-0.25, -0.2) is 4.79 Å². The summed E-state index contributed by atoms with van der Waals surface area (Å²) in [6.07, 6.45) is 1.94. The highest BCUT2D eigenvalue weighted by Crippen LogP contribution is 2.23. The second-order valence-electron chi connectivity index (χ2n) is 19.5. The van der Waals surface area contributed by atoms with Gasteiger partial charge in [0.05, 0.1) is 6.04 Å². The van der Waals surface area contributed by atoms with Gasteiger partial charge < -0.3 is 63.6 Å². The molecule has 7 amide bonds. The van der Waals surface area contributed by atoms with Crippen molar-refractivity contribution in [3.8, 4) is 5.75 Å². The number of hydrogen-bond donors (Lipinski definition) is 11. The Morgan fingerprint density at radius 2 is 1.19 bits per heavy atom. The molecule has 21 nitrogen and oxygen atoms in total. The van der Waals surface area contributed by atoms with Crippen LogP contribution in [0.25, 0.3) is 0 Å². The lowest BCUT2D eigenvalue weighted by molar-refractivity contribution is -0.143. The SMILES string of the molecule is CC[C@H](C)[C@H](NC(=O)[C@H](CCC(=O)O)NC(=O)[C@@H](N)Cc1ccccc1)C(=O)N[C@@H](CC(C)C)C(=O)N1CCC[C@H]1C(=O)N[C@H](C(=O)N[C@@H](Cc1ccc(O)cc1)C(=O)N[C@@H](CCCCN)C(=O)O)[C@@H](C)CC. The zero-order chi connectivity index (χ0) is 54.4. The molecule has 1 aliphatic rings. The van der Waals surface area contributed by atoms with Crippen LogP contribution in [0.4, 0.5) is 0 Å². The molecule has 0 aromatic heterocycles. The number of likely N-dealkylation sites (tertiary alicyclic amines) is 1. The second kappa shape index (κ2) is 30.4. The van der Waals surface area contributed by atoms with Gasteiger partial charge in [-0.2, -0.15) is 0 Å². The van der Waals surface area contributed by atoms with Crippen molar-refractivity contribution in [1.29, 1.82) is 0 Å². The van der Waals surface area contributed by atoms with Gasteiger partial charge in [-0.1, -0.05) is 96.8 Å². The van der Waals surface area contributed by atoms with Crippen molar-refractivity contribution in [3.05, 3.63) is 65.7 Å². The molecular formula is C52H79N9O12. The zero-order valence-corrected chi connectivity index (χ0v) is 43.1. The Morgan fingerprint density at radius 3 is 1.75 bits per heavy atom. The molecule has 1 aliphatic heterocycles. The predicted molar refractivity (Wildman–Crippen MR) is 272 cm³/mol. The predicted octanol–water partition coefficient (Wildman–Crippen LogP) is 1.62. The molecule has 0 spiro atoms. The van der Waals surface area contributed by atoms with E-state index in [1.54, 1.807) is 57.2 Å². The van der Waals surface area contributed by atoms with Crippen LogP contribution in [0.1, 0.15) is 117 Å². The van der Waals surface area contributed by atoms with Crippen molar-refractivity contribution < 1.29 is 58.5 Å². The van der Waals surface area contributed by atoms with Crippen molar-refractivity contribution in [3.63, 3.8) is 0 Å². The minimum atomic E-state index is -1.37. The molecule has 73 heavy (non-hydrogen) atoms. The van der Waals surface area contributed by atoms with E-state index in [2.05, 4.69) is 31.9 Å². The van der Waals surface area contributed by atoms with Gasteiger partial charge in [0, 0.05) is 19.4 Å². The van der Waals surface area contributed by atoms with Crippen LogP contribution in [-0.4, -0.2) is 135 Å². The molecule has 0 aliphatic carbocycles. The summed E-state index contributed by atoms with van der Waals surface area (Å²) in [5, 5.41) is 45.4. The number of carboxylic acid groups (broad SMARTS) is 2. The lowest BCUT2D eigenvalue weighted by Gasteiger charge is -2.33. The average Bonchev–Trinajstić information content (AvgIpc) is 3.85. The molecule has 0 saturated carbocycles. The van der Waals surface area contributed by atoms with Gasteiger partial charge in [0.2, 0.25) is 41.4 Å². The number of benzene rings is 2. The topological polar surface area (TPSA) is 342 Å². The Hall–Kier alpha value is -6.61. The first kappa shape index (κ1) is 60.7. The van der Waals surface area contributed by atoms with Crippen molar-refractivity contribution in [1.82, 2.24) is 36.8 Å². The third-order valence-electron chi connectivity index (χ3n) is 13.2. The maximum atomic E-state index is 14.6. The van der Waals surface area contributed by atoms with E-state index in [-0.39, 0.29) is 56.7 Å². The minimum Gasteiger partial charge on any atom is -0.508 e. The van der Waals surface area contributed by atoms with Crippen LogP contribution >= 0.6 is 0 Å². The average molecular weight is 1020 g/mol. The molecule has 0 radical (unpaired) electrons. The molecule has 404 valence electrons. The number of nitrogens with two attached hydrogens (primary N) is 2. The summed E-state index contributed by atoms with van der Waals surface area (Å²) >= 11 is 0. The number of carbonyl (C=O) groups excluding carboxylic acids is 7. The quantitative estimate of drug-likeness (QED) is 0.0479. The van der Waals surface area contributed by atoms with Crippen LogP contribution in [0.2, 0.25) is 0 Å². The first-order valence-corrected chi connectivity index (χ1v) is 25.4. The standard InChI is InChI=1S/C52H79N9O12/c1-7-31(5)43(59-46(66)37(23-24-42(63)64)55-45(65)36(54)28-33-15-10-9-11-16-33)50(70)58-40(27-30(3)4)51(71)61-26-14-18-41(61)48(68)60-44(32(6)8-2)49(69)57-39(29-34-19-21-35(62)22-20-34)47(67)56-38(52(72)73)17-12-13-25-53/h9-11,15-16,19-22,30-32,36-41,43-44,62H,7-8,12-14,17-18,23-29,53-54H2,1-6H3,(H,55,65)(H,56,67)(H,57,69)(H,58,70)(H,59,66)(H,60,68)(H,63,64)(H,72,73)/t31-,32-,36-,37-,38-,39-,40-,41-,43-,44-/m0/s1.